The summed E-state index contributed by atoms with van der Waals surface area (Å²) in [7, 11) is 0. The van der Waals surface area contributed by atoms with Crippen molar-refractivity contribution in [2.45, 2.75) is 128 Å². The summed E-state index contributed by atoms with van der Waals surface area (Å²) < 4.78 is 0. The third kappa shape index (κ3) is 4.09. The fourth-order valence-corrected chi connectivity index (χ4v) is 9.00. The highest BCUT2D eigenvalue weighted by Gasteiger charge is 2.72. The molecule has 0 unspecified atom stereocenters. The maximum atomic E-state index is 13.3. The van der Waals surface area contributed by atoms with Gasteiger partial charge in [-0.15, -0.1) is 0 Å². The third-order valence-electron chi connectivity index (χ3n) is 11.5. The molecule has 0 aromatic rings. The SMILES string of the molecule is CC[C@H](C[C@@H](O)[C@](C)(O)[C@H]1C[C@@H](O)[C@@]2(O)C3=CC(=O)[C@@H]4C[C@@H](O)[C@@H](O)C[C@]4(C)[C@H]3CC[C@]12C)C(C)(C)O. The molecular weight excluding hydrogens is 476 g/mol. The van der Waals surface area contributed by atoms with Crippen LogP contribution >= 0.6 is 0 Å². The minimum Gasteiger partial charge on any atom is -0.390 e. The lowest BCUT2D eigenvalue weighted by atomic mass is 9.45. The van der Waals surface area contributed by atoms with Gasteiger partial charge in [-0.05, 0) is 88.2 Å². The Morgan fingerprint density at radius 2 is 1.68 bits per heavy atom. The van der Waals surface area contributed by atoms with Crippen molar-refractivity contribution in [3.8, 4) is 0 Å². The van der Waals surface area contributed by atoms with Crippen molar-refractivity contribution < 1.29 is 40.5 Å². The van der Waals surface area contributed by atoms with E-state index in [1.54, 1.807) is 20.8 Å². The number of carbonyl (C=O) groups excluding carboxylic acids is 1. The Morgan fingerprint density at radius 3 is 2.24 bits per heavy atom. The highest BCUT2D eigenvalue weighted by Crippen LogP contribution is 2.68. The molecule has 3 saturated carbocycles. The van der Waals surface area contributed by atoms with E-state index in [4.69, 9.17) is 0 Å². The van der Waals surface area contributed by atoms with Crippen LogP contribution < -0.4 is 0 Å². The molecule has 0 heterocycles. The fraction of sp³-hybridized carbons (Fsp3) is 0.897. The van der Waals surface area contributed by atoms with Crippen LogP contribution in [0.15, 0.2) is 11.6 Å². The van der Waals surface area contributed by atoms with Crippen LogP contribution in [0.25, 0.3) is 0 Å². The van der Waals surface area contributed by atoms with E-state index in [0.717, 1.165) is 0 Å². The quantitative estimate of drug-likeness (QED) is 0.275. The van der Waals surface area contributed by atoms with Crippen molar-refractivity contribution in [3.63, 3.8) is 0 Å². The van der Waals surface area contributed by atoms with Gasteiger partial charge in [-0.1, -0.05) is 27.2 Å². The van der Waals surface area contributed by atoms with E-state index in [0.29, 0.717) is 24.8 Å². The minimum absolute atomic E-state index is 0.0517. The molecule has 8 heteroatoms. The molecule has 8 nitrogen and oxygen atoms in total. The summed E-state index contributed by atoms with van der Waals surface area (Å²) in [5.74, 6) is -1.88. The third-order valence-corrected chi connectivity index (χ3v) is 11.5. The normalized spacial score (nSPS) is 47.3. The summed E-state index contributed by atoms with van der Waals surface area (Å²) in [6.45, 7) is 10.6. The maximum absolute atomic E-state index is 13.3. The Hall–Kier alpha value is -0.870. The number of ketones is 1. The Morgan fingerprint density at radius 1 is 1.05 bits per heavy atom. The van der Waals surface area contributed by atoms with Crippen LogP contribution in [0.2, 0.25) is 0 Å². The van der Waals surface area contributed by atoms with Crippen molar-refractivity contribution in [1.29, 1.82) is 0 Å². The average Bonchev–Trinajstić information content (AvgIpc) is 3.00. The molecule has 3 fully saturated rings. The van der Waals surface area contributed by atoms with Gasteiger partial charge in [0, 0.05) is 17.3 Å². The molecule has 0 aliphatic heterocycles. The zero-order valence-electron chi connectivity index (χ0n) is 23.2. The second kappa shape index (κ2) is 9.08. The highest BCUT2D eigenvalue weighted by molar-refractivity contribution is 5.95. The molecule has 0 aromatic heterocycles. The number of aliphatic hydroxyl groups is 7. The molecule has 0 saturated heterocycles. The lowest BCUT2D eigenvalue weighted by Crippen LogP contribution is -2.64. The van der Waals surface area contributed by atoms with Gasteiger partial charge in [-0.25, -0.2) is 0 Å². The summed E-state index contributed by atoms with van der Waals surface area (Å²) in [4.78, 5) is 13.3. The lowest BCUT2D eigenvalue weighted by molar-refractivity contribution is -0.187. The number of fused-ring (bicyclic) bond motifs is 5. The van der Waals surface area contributed by atoms with Gasteiger partial charge in [0.2, 0.25) is 0 Å². The lowest BCUT2D eigenvalue weighted by Gasteiger charge is -2.61. The molecule has 4 aliphatic rings. The van der Waals surface area contributed by atoms with Crippen LogP contribution in [0.5, 0.6) is 0 Å². The Kier molecular flexibility index (Phi) is 7.15. The number of hydrogen-bond acceptors (Lipinski definition) is 8. The first-order valence-corrected chi connectivity index (χ1v) is 14.0. The van der Waals surface area contributed by atoms with E-state index in [-0.39, 0.29) is 43.3 Å². The molecule has 0 spiro atoms. The molecule has 0 amide bonds. The largest absolute Gasteiger partial charge is 0.390 e. The van der Waals surface area contributed by atoms with Gasteiger partial charge in [0.15, 0.2) is 5.78 Å². The van der Waals surface area contributed by atoms with Crippen LogP contribution in [0.3, 0.4) is 0 Å². The summed E-state index contributed by atoms with van der Waals surface area (Å²) >= 11 is 0. The fourth-order valence-electron chi connectivity index (χ4n) is 9.00. The molecule has 212 valence electrons. The van der Waals surface area contributed by atoms with E-state index >= 15 is 0 Å². The molecule has 7 N–H and O–H groups in total. The molecular formula is C29H48O8. The maximum Gasteiger partial charge on any atom is 0.159 e. The standard InChI is InChI=1S/C29H48O8/c1-7-15(25(2,3)35)10-23(33)28(6,36)22-13-24(34)29(37)17-11-19(30)18-12-20(31)21(32)14-26(18,4)16(17)8-9-27(22,29)5/h11,15-16,18,20-24,31-37H,7-10,12-14H2,1-6H3/t15-,16+,18+,20-,21+,22+,23-,24-,26-,27-,28-,29+/m1/s1. The van der Waals surface area contributed by atoms with Crippen LogP contribution in [0.4, 0.5) is 0 Å². The van der Waals surface area contributed by atoms with E-state index < -0.39 is 63.9 Å². The monoisotopic (exact) mass is 524 g/mol. The first kappa shape index (κ1) is 29.1. The van der Waals surface area contributed by atoms with Gasteiger partial charge in [0.1, 0.15) is 5.60 Å². The predicted octanol–water partition coefficient (Wildman–Crippen LogP) is 1.46. The number of rotatable bonds is 6. The van der Waals surface area contributed by atoms with Crippen LogP contribution in [0.1, 0.15) is 86.5 Å². The second-order valence-corrected chi connectivity index (χ2v) is 14.0. The Balaban J connectivity index is 1.71. The van der Waals surface area contributed by atoms with Gasteiger partial charge < -0.3 is 35.7 Å². The number of aliphatic hydroxyl groups excluding tert-OH is 4. The summed E-state index contributed by atoms with van der Waals surface area (Å²) in [6, 6.07) is 0. The second-order valence-electron chi connectivity index (χ2n) is 14.0. The Bertz CT molecular complexity index is 939. The molecule has 37 heavy (non-hydrogen) atoms. The van der Waals surface area contributed by atoms with E-state index in [2.05, 4.69) is 0 Å². The molecule has 0 radical (unpaired) electrons. The molecule has 4 rings (SSSR count). The van der Waals surface area contributed by atoms with Gasteiger partial charge in [0.25, 0.3) is 0 Å². The highest BCUT2D eigenvalue weighted by atomic mass is 16.4. The number of allylic oxidation sites excluding steroid dienone is 1. The Labute approximate surface area is 220 Å². The van der Waals surface area contributed by atoms with E-state index in [1.807, 2.05) is 20.8 Å². The predicted molar refractivity (Wildman–Crippen MR) is 137 cm³/mol. The van der Waals surface area contributed by atoms with E-state index in [9.17, 15) is 40.5 Å². The van der Waals surface area contributed by atoms with Gasteiger partial charge in [-0.2, -0.15) is 0 Å². The topological polar surface area (TPSA) is 159 Å². The first-order valence-electron chi connectivity index (χ1n) is 14.0. The average molecular weight is 525 g/mol. The zero-order valence-corrected chi connectivity index (χ0v) is 23.2. The summed E-state index contributed by atoms with van der Waals surface area (Å²) in [5, 5.41) is 78.1. The molecule has 12 atom stereocenters. The molecule has 0 bridgehead atoms. The van der Waals surface area contributed by atoms with Crippen molar-refractivity contribution in [1.82, 2.24) is 0 Å². The smallest absolute Gasteiger partial charge is 0.159 e. The summed E-state index contributed by atoms with van der Waals surface area (Å²) in [5.41, 5.74) is -5.72. The van der Waals surface area contributed by atoms with Gasteiger partial charge in [0.05, 0.1) is 35.6 Å². The van der Waals surface area contributed by atoms with Gasteiger partial charge in [-0.3, -0.25) is 4.79 Å². The van der Waals surface area contributed by atoms with E-state index in [1.165, 1.54) is 6.08 Å². The van der Waals surface area contributed by atoms with Crippen LogP contribution in [0, 0.1) is 34.5 Å². The summed E-state index contributed by atoms with van der Waals surface area (Å²) in [6.07, 6.45) is -0.664. The van der Waals surface area contributed by atoms with Crippen molar-refractivity contribution in [2.24, 2.45) is 34.5 Å². The first-order chi connectivity index (χ1) is 16.9. The van der Waals surface area contributed by atoms with Crippen LogP contribution in [-0.2, 0) is 4.79 Å². The van der Waals surface area contributed by atoms with Crippen molar-refractivity contribution in [3.05, 3.63) is 11.6 Å². The zero-order chi connectivity index (χ0) is 27.9. The number of hydrogen-bond donors (Lipinski definition) is 7. The molecule has 0 aromatic carbocycles. The van der Waals surface area contributed by atoms with Crippen molar-refractivity contribution in [2.75, 3.05) is 0 Å². The molecule has 4 aliphatic carbocycles. The van der Waals surface area contributed by atoms with Crippen LogP contribution in [-0.4, -0.2) is 82.7 Å². The minimum atomic E-state index is -1.78. The van der Waals surface area contributed by atoms with Crippen molar-refractivity contribution >= 4 is 5.78 Å². The van der Waals surface area contributed by atoms with Gasteiger partial charge >= 0.3 is 0 Å². The number of carbonyl (C=O) groups is 1.